The van der Waals surface area contributed by atoms with Gasteiger partial charge in [-0.3, -0.25) is 0 Å². The second kappa shape index (κ2) is 3.37. The molecule has 0 spiro atoms. The van der Waals surface area contributed by atoms with Crippen LogP contribution in [0, 0.1) is 6.92 Å². The molecule has 1 aromatic rings. The Morgan fingerprint density at radius 1 is 1.70 bits per heavy atom. The van der Waals surface area contributed by atoms with Gasteiger partial charge in [0.25, 0.3) is 0 Å². The van der Waals surface area contributed by atoms with Gasteiger partial charge in [0, 0.05) is 17.9 Å². The van der Waals surface area contributed by atoms with Crippen molar-refractivity contribution in [1.29, 1.82) is 0 Å². The van der Waals surface area contributed by atoms with Crippen LogP contribution in [0.1, 0.15) is 18.5 Å². The standard InChI is InChI=1S/C4H6N2.C3H7N/c1-4-2-5-3-6-4;4-3-1-2-3/h2-3H,1H3,(H,5,6);3H,1-2,4H2. The minimum atomic E-state index is 0.583. The summed E-state index contributed by atoms with van der Waals surface area (Å²) in [5.74, 6) is 0. The summed E-state index contributed by atoms with van der Waals surface area (Å²) in [6.07, 6.45) is 5.97. The summed E-state index contributed by atoms with van der Waals surface area (Å²) < 4.78 is 0. The summed E-state index contributed by atoms with van der Waals surface area (Å²) in [5.41, 5.74) is 6.33. The predicted molar refractivity (Wildman–Crippen MR) is 40.5 cm³/mol. The van der Waals surface area contributed by atoms with Crippen LogP contribution in [-0.4, -0.2) is 16.0 Å². The fourth-order valence-corrected chi connectivity index (χ4v) is 0.422. The van der Waals surface area contributed by atoms with Gasteiger partial charge in [-0.15, -0.1) is 0 Å². The molecule has 0 saturated heterocycles. The molecule has 10 heavy (non-hydrogen) atoms. The van der Waals surface area contributed by atoms with Crippen molar-refractivity contribution in [3.63, 3.8) is 0 Å². The highest BCUT2D eigenvalue weighted by Gasteiger charge is 2.13. The number of imidazole rings is 1. The number of rotatable bonds is 0. The molecule has 0 aromatic carbocycles. The quantitative estimate of drug-likeness (QED) is 0.559. The van der Waals surface area contributed by atoms with Gasteiger partial charge in [0.1, 0.15) is 0 Å². The van der Waals surface area contributed by atoms with Crippen LogP contribution in [0.3, 0.4) is 0 Å². The first-order chi connectivity index (χ1) is 4.79. The number of nitrogens with zero attached hydrogens (tertiary/aromatic N) is 1. The Labute approximate surface area is 60.7 Å². The lowest BCUT2D eigenvalue weighted by molar-refractivity contribution is 1.07. The van der Waals surface area contributed by atoms with E-state index in [0.717, 1.165) is 5.69 Å². The number of aryl methyl sites for hydroxylation is 1. The molecular formula is C7H13N3. The van der Waals surface area contributed by atoms with E-state index in [0.29, 0.717) is 6.04 Å². The highest BCUT2D eigenvalue weighted by Crippen LogP contribution is 2.13. The molecule has 1 fully saturated rings. The van der Waals surface area contributed by atoms with Gasteiger partial charge >= 0.3 is 0 Å². The fourth-order valence-electron chi connectivity index (χ4n) is 0.422. The maximum atomic E-state index is 5.22. The van der Waals surface area contributed by atoms with E-state index in [1.807, 2.05) is 6.92 Å². The minimum Gasteiger partial charge on any atom is -0.349 e. The molecule has 1 aliphatic rings. The molecule has 0 amide bonds. The first kappa shape index (κ1) is 7.28. The Bertz CT molecular complexity index is 165. The smallest absolute Gasteiger partial charge is 0.0921 e. The molecule has 2 rings (SSSR count). The highest BCUT2D eigenvalue weighted by molar-refractivity contribution is 4.87. The molecule has 1 saturated carbocycles. The van der Waals surface area contributed by atoms with Gasteiger partial charge in [-0.1, -0.05) is 0 Å². The second-order valence-corrected chi connectivity index (χ2v) is 2.57. The maximum Gasteiger partial charge on any atom is 0.0921 e. The van der Waals surface area contributed by atoms with Gasteiger partial charge in [0.05, 0.1) is 6.33 Å². The molecule has 0 unspecified atom stereocenters. The van der Waals surface area contributed by atoms with Gasteiger partial charge in [0.2, 0.25) is 0 Å². The Balaban J connectivity index is 0.000000108. The van der Waals surface area contributed by atoms with Gasteiger partial charge in [-0.05, 0) is 19.8 Å². The van der Waals surface area contributed by atoms with Crippen molar-refractivity contribution in [3.05, 3.63) is 18.2 Å². The van der Waals surface area contributed by atoms with Crippen molar-refractivity contribution in [3.8, 4) is 0 Å². The molecule has 1 aliphatic carbocycles. The van der Waals surface area contributed by atoms with Crippen LogP contribution < -0.4 is 5.73 Å². The van der Waals surface area contributed by atoms with E-state index >= 15 is 0 Å². The van der Waals surface area contributed by atoms with Crippen LogP contribution in [0.4, 0.5) is 0 Å². The fraction of sp³-hybridized carbons (Fsp3) is 0.571. The van der Waals surface area contributed by atoms with Crippen LogP contribution in [0.2, 0.25) is 0 Å². The number of nitrogens with two attached hydrogens (primary N) is 1. The van der Waals surface area contributed by atoms with Crippen LogP contribution >= 0.6 is 0 Å². The summed E-state index contributed by atoms with van der Waals surface area (Å²) in [5, 5.41) is 0. The molecule has 3 nitrogen and oxygen atoms in total. The van der Waals surface area contributed by atoms with Gasteiger partial charge in [-0.25, -0.2) is 4.98 Å². The van der Waals surface area contributed by atoms with Gasteiger partial charge < -0.3 is 10.7 Å². The van der Waals surface area contributed by atoms with Gasteiger partial charge in [0.15, 0.2) is 0 Å². The third kappa shape index (κ3) is 3.25. The topological polar surface area (TPSA) is 54.7 Å². The average Bonchev–Trinajstić information content (AvgIpc) is 2.50. The molecule has 0 atom stereocenters. The summed E-state index contributed by atoms with van der Waals surface area (Å²) in [7, 11) is 0. The first-order valence-electron chi connectivity index (χ1n) is 3.49. The van der Waals surface area contributed by atoms with E-state index in [2.05, 4.69) is 9.97 Å². The Kier molecular flexibility index (Phi) is 2.45. The van der Waals surface area contributed by atoms with E-state index in [1.165, 1.54) is 12.8 Å². The molecule has 0 aliphatic heterocycles. The number of hydrogen-bond donors (Lipinski definition) is 2. The van der Waals surface area contributed by atoms with Crippen LogP contribution in [0.15, 0.2) is 12.5 Å². The molecule has 0 radical (unpaired) electrons. The van der Waals surface area contributed by atoms with Gasteiger partial charge in [-0.2, -0.15) is 0 Å². The SMILES string of the molecule is Cc1cnc[nH]1.NC1CC1. The molecular weight excluding hydrogens is 126 g/mol. The third-order valence-electron chi connectivity index (χ3n) is 1.26. The van der Waals surface area contributed by atoms with Crippen molar-refractivity contribution >= 4 is 0 Å². The normalized spacial score (nSPS) is 15.8. The van der Waals surface area contributed by atoms with Crippen molar-refractivity contribution in [2.45, 2.75) is 25.8 Å². The van der Waals surface area contributed by atoms with Crippen molar-refractivity contribution in [1.82, 2.24) is 9.97 Å². The first-order valence-corrected chi connectivity index (χ1v) is 3.49. The van der Waals surface area contributed by atoms with Crippen molar-refractivity contribution in [2.75, 3.05) is 0 Å². The van der Waals surface area contributed by atoms with E-state index in [-0.39, 0.29) is 0 Å². The minimum absolute atomic E-state index is 0.583. The zero-order valence-electron chi connectivity index (χ0n) is 6.17. The lowest BCUT2D eigenvalue weighted by Crippen LogP contribution is -1.94. The highest BCUT2D eigenvalue weighted by atomic mass is 14.8. The maximum absolute atomic E-state index is 5.22. The van der Waals surface area contributed by atoms with E-state index < -0.39 is 0 Å². The Morgan fingerprint density at radius 2 is 2.30 bits per heavy atom. The van der Waals surface area contributed by atoms with Crippen molar-refractivity contribution in [2.24, 2.45) is 5.73 Å². The Morgan fingerprint density at radius 3 is 2.40 bits per heavy atom. The summed E-state index contributed by atoms with van der Waals surface area (Å²) in [6.45, 7) is 1.97. The summed E-state index contributed by atoms with van der Waals surface area (Å²) in [6, 6.07) is 0.583. The predicted octanol–water partition coefficient (Wildman–Crippen LogP) is 0.826. The lowest BCUT2D eigenvalue weighted by Gasteiger charge is -1.67. The van der Waals surface area contributed by atoms with Crippen LogP contribution in [0.5, 0.6) is 0 Å². The number of nitrogens with one attached hydrogen (secondary N) is 1. The van der Waals surface area contributed by atoms with E-state index in [1.54, 1.807) is 12.5 Å². The number of aromatic nitrogens is 2. The third-order valence-corrected chi connectivity index (χ3v) is 1.26. The largest absolute Gasteiger partial charge is 0.349 e. The van der Waals surface area contributed by atoms with Crippen LogP contribution in [0.25, 0.3) is 0 Å². The number of hydrogen-bond acceptors (Lipinski definition) is 2. The summed E-state index contributed by atoms with van der Waals surface area (Å²) in [4.78, 5) is 6.66. The molecule has 1 heterocycles. The Hall–Kier alpha value is -0.830. The second-order valence-electron chi connectivity index (χ2n) is 2.57. The molecule has 1 aromatic heterocycles. The zero-order chi connectivity index (χ0) is 7.40. The monoisotopic (exact) mass is 139 g/mol. The summed E-state index contributed by atoms with van der Waals surface area (Å²) >= 11 is 0. The average molecular weight is 139 g/mol. The number of H-pyrrole nitrogens is 1. The van der Waals surface area contributed by atoms with E-state index in [9.17, 15) is 0 Å². The number of aromatic amines is 1. The molecule has 0 bridgehead atoms. The lowest BCUT2D eigenvalue weighted by atomic mass is 10.6. The van der Waals surface area contributed by atoms with Crippen LogP contribution in [-0.2, 0) is 0 Å². The molecule has 3 heteroatoms. The zero-order valence-corrected chi connectivity index (χ0v) is 6.17. The molecule has 56 valence electrons. The molecule has 3 N–H and O–H groups in total. The van der Waals surface area contributed by atoms with E-state index in [4.69, 9.17) is 5.73 Å². The van der Waals surface area contributed by atoms with Crippen molar-refractivity contribution < 1.29 is 0 Å².